The van der Waals surface area contributed by atoms with Gasteiger partial charge in [-0.1, -0.05) is 23.9 Å². The highest BCUT2D eigenvalue weighted by Crippen LogP contribution is 2.30. The molecule has 1 aromatic carbocycles. The summed E-state index contributed by atoms with van der Waals surface area (Å²) in [6.45, 7) is 5.19. The van der Waals surface area contributed by atoms with Crippen molar-refractivity contribution in [3.63, 3.8) is 0 Å². The molecular formula is C26H26FN9OS. The lowest BCUT2D eigenvalue weighted by molar-refractivity contribution is 0.168. The molecule has 1 unspecified atom stereocenters. The highest BCUT2D eigenvalue weighted by atomic mass is 32.2. The highest BCUT2D eigenvalue weighted by molar-refractivity contribution is 7.99. The second-order valence-electron chi connectivity index (χ2n) is 9.17. The Morgan fingerprint density at radius 3 is 2.47 bits per heavy atom. The number of nitrogens with zero attached hydrogens (tertiary/aromatic N) is 9. The van der Waals surface area contributed by atoms with E-state index in [1.807, 2.05) is 23.0 Å². The average Bonchev–Trinajstić information content (AvgIpc) is 3.57. The lowest BCUT2D eigenvalue weighted by Crippen LogP contribution is -2.47. The number of halogens is 1. The molecule has 38 heavy (non-hydrogen) atoms. The van der Waals surface area contributed by atoms with Gasteiger partial charge in [-0.05, 0) is 25.1 Å². The van der Waals surface area contributed by atoms with Crippen LogP contribution in [0.25, 0.3) is 16.6 Å². The molecular weight excluding hydrogens is 505 g/mol. The number of anilines is 2. The number of piperazine rings is 1. The van der Waals surface area contributed by atoms with Gasteiger partial charge < -0.3 is 14.9 Å². The monoisotopic (exact) mass is 531 g/mol. The molecule has 1 fully saturated rings. The fraction of sp³-hybridized carbons (Fsp3) is 0.269. The Balaban J connectivity index is 1.13. The molecule has 1 N–H and O–H groups in total. The molecule has 1 aliphatic rings. The molecule has 0 spiro atoms. The summed E-state index contributed by atoms with van der Waals surface area (Å²) in [4.78, 5) is 19.4. The molecule has 0 amide bonds. The SMILES string of the molecule is CC(O)Cn1cc(-c2cc3c(N4CCN(c5ncc(Sc6ccccc6F)cn5)CC4)ncnn3c2)cn1. The Bertz CT molecular complexity index is 1540. The predicted octanol–water partition coefficient (Wildman–Crippen LogP) is 3.38. The molecule has 4 aromatic heterocycles. The molecule has 10 nitrogen and oxygen atoms in total. The van der Waals surface area contributed by atoms with E-state index in [0.29, 0.717) is 17.4 Å². The molecule has 1 saturated heterocycles. The highest BCUT2D eigenvalue weighted by Gasteiger charge is 2.22. The Morgan fingerprint density at radius 2 is 1.71 bits per heavy atom. The molecule has 12 heteroatoms. The largest absolute Gasteiger partial charge is 0.391 e. The standard InChI is InChI=1S/C26H26FN9OS/c1-18(37)14-35-15-20(11-31-35)19-10-23-25(30-17-32-36(23)16-19)33-6-8-34(9-7-33)26-28-12-21(13-29-26)38-24-5-3-2-4-22(24)27/h2-5,10-13,15-18,37H,6-9,14H2,1H3. The van der Waals surface area contributed by atoms with Crippen LogP contribution in [-0.2, 0) is 6.54 Å². The number of hydrogen-bond donors (Lipinski definition) is 1. The molecule has 0 saturated carbocycles. The lowest BCUT2D eigenvalue weighted by Gasteiger charge is -2.35. The summed E-state index contributed by atoms with van der Waals surface area (Å²) in [5, 5.41) is 18.4. The molecule has 6 rings (SSSR count). The quantitative estimate of drug-likeness (QED) is 0.339. The smallest absolute Gasteiger partial charge is 0.225 e. The zero-order chi connectivity index (χ0) is 26.1. The Kier molecular flexibility index (Phi) is 6.64. The number of fused-ring (bicyclic) bond motifs is 1. The van der Waals surface area contributed by atoms with Gasteiger partial charge in [0, 0.05) is 71.9 Å². The van der Waals surface area contributed by atoms with Crippen LogP contribution in [0.3, 0.4) is 0 Å². The van der Waals surface area contributed by atoms with E-state index in [2.05, 4.69) is 41.0 Å². The summed E-state index contributed by atoms with van der Waals surface area (Å²) >= 11 is 1.31. The fourth-order valence-electron chi connectivity index (χ4n) is 4.50. The second kappa shape index (κ2) is 10.4. The van der Waals surface area contributed by atoms with Crippen LogP contribution in [0.15, 0.2) is 77.4 Å². The van der Waals surface area contributed by atoms with Gasteiger partial charge in [0.1, 0.15) is 17.7 Å². The third-order valence-corrected chi connectivity index (χ3v) is 7.34. The summed E-state index contributed by atoms with van der Waals surface area (Å²) < 4.78 is 17.5. The summed E-state index contributed by atoms with van der Waals surface area (Å²) in [5.74, 6) is 1.28. The maximum absolute atomic E-state index is 14.0. The number of aliphatic hydroxyl groups excluding tert-OH is 1. The number of rotatable bonds is 7. The van der Waals surface area contributed by atoms with E-state index in [-0.39, 0.29) is 5.82 Å². The van der Waals surface area contributed by atoms with E-state index in [1.54, 1.807) is 48.7 Å². The summed E-state index contributed by atoms with van der Waals surface area (Å²) in [7, 11) is 0. The van der Waals surface area contributed by atoms with Gasteiger partial charge in [0.2, 0.25) is 5.95 Å². The maximum Gasteiger partial charge on any atom is 0.225 e. The van der Waals surface area contributed by atoms with Crippen molar-refractivity contribution >= 4 is 29.0 Å². The van der Waals surface area contributed by atoms with Crippen LogP contribution in [0.5, 0.6) is 0 Å². The minimum absolute atomic E-state index is 0.252. The van der Waals surface area contributed by atoms with Crippen LogP contribution >= 0.6 is 11.8 Å². The predicted molar refractivity (Wildman–Crippen MR) is 143 cm³/mol. The summed E-state index contributed by atoms with van der Waals surface area (Å²) in [5.41, 5.74) is 2.87. The molecule has 1 aliphatic heterocycles. The van der Waals surface area contributed by atoms with Gasteiger partial charge in [0.25, 0.3) is 0 Å². The van der Waals surface area contributed by atoms with E-state index < -0.39 is 6.10 Å². The van der Waals surface area contributed by atoms with Crippen molar-refractivity contribution in [1.82, 2.24) is 34.3 Å². The Hall–Kier alpha value is -4.03. The maximum atomic E-state index is 14.0. The van der Waals surface area contributed by atoms with Crippen LogP contribution < -0.4 is 9.80 Å². The van der Waals surface area contributed by atoms with Crippen molar-refractivity contribution in [1.29, 1.82) is 0 Å². The van der Waals surface area contributed by atoms with E-state index in [4.69, 9.17) is 0 Å². The summed E-state index contributed by atoms with van der Waals surface area (Å²) in [6, 6.07) is 8.75. The molecule has 0 aliphatic carbocycles. The number of aromatic nitrogens is 7. The number of benzene rings is 1. The van der Waals surface area contributed by atoms with Crippen LogP contribution in [0.4, 0.5) is 16.2 Å². The minimum atomic E-state index is -0.465. The van der Waals surface area contributed by atoms with Crippen molar-refractivity contribution < 1.29 is 9.50 Å². The first-order chi connectivity index (χ1) is 18.5. The first kappa shape index (κ1) is 24.3. The minimum Gasteiger partial charge on any atom is -0.391 e. The van der Waals surface area contributed by atoms with E-state index in [1.165, 1.54) is 17.8 Å². The normalized spacial score (nSPS) is 14.8. The van der Waals surface area contributed by atoms with Gasteiger partial charge in [-0.3, -0.25) is 4.68 Å². The van der Waals surface area contributed by atoms with Crippen molar-refractivity contribution in [3.8, 4) is 11.1 Å². The van der Waals surface area contributed by atoms with Crippen LogP contribution in [0.1, 0.15) is 6.92 Å². The van der Waals surface area contributed by atoms with E-state index in [9.17, 15) is 9.50 Å². The molecule has 194 valence electrons. The van der Waals surface area contributed by atoms with Gasteiger partial charge in [-0.25, -0.2) is 23.9 Å². The van der Waals surface area contributed by atoms with Gasteiger partial charge >= 0.3 is 0 Å². The van der Waals surface area contributed by atoms with Crippen molar-refractivity contribution in [2.75, 3.05) is 36.0 Å². The first-order valence-electron chi connectivity index (χ1n) is 12.3. The van der Waals surface area contributed by atoms with Crippen molar-refractivity contribution in [2.45, 2.75) is 29.4 Å². The van der Waals surface area contributed by atoms with Gasteiger partial charge in [-0.2, -0.15) is 10.2 Å². The van der Waals surface area contributed by atoms with Crippen LogP contribution in [0, 0.1) is 5.82 Å². The van der Waals surface area contributed by atoms with Gasteiger partial charge in [-0.15, -0.1) is 0 Å². The first-order valence-corrected chi connectivity index (χ1v) is 13.1. The van der Waals surface area contributed by atoms with E-state index in [0.717, 1.165) is 53.5 Å². The molecule has 5 heterocycles. The van der Waals surface area contributed by atoms with Gasteiger partial charge in [0.05, 0.1) is 18.8 Å². The molecule has 0 bridgehead atoms. The fourth-order valence-corrected chi connectivity index (χ4v) is 5.28. The zero-order valence-electron chi connectivity index (χ0n) is 20.7. The van der Waals surface area contributed by atoms with Gasteiger partial charge in [0.15, 0.2) is 5.82 Å². The zero-order valence-corrected chi connectivity index (χ0v) is 21.5. The van der Waals surface area contributed by atoms with E-state index >= 15 is 0 Å². The molecule has 0 radical (unpaired) electrons. The summed E-state index contributed by atoms with van der Waals surface area (Å²) in [6.07, 6.45) is 10.3. The lowest BCUT2D eigenvalue weighted by atomic mass is 10.2. The van der Waals surface area contributed by atoms with Crippen LogP contribution in [-0.4, -0.2) is 71.7 Å². The molecule has 5 aromatic rings. The Morgan fingerprint density at radius 1 is 0.947 bits per heavy atom. The topological polar surface area (TPSA) is 100 Å². The third kappa shape index (κ3) is 5.04. The number of aliphatic hydroxyl groups is 1. The Labute approximate surface area is 222 Å². The molecule has 1 atom stereocenters. The average molecular weight is 532 g/mol. The van der Waals surface area contributed by atoms with Crippen molar-refractivity contribution in [2.24, 2.45) is 0 Å². The van der Waals surface area contributed by atoms with Crippen LogP contribution in [0.2, 0.25) is 0 Å². The van der Waals surface area contributed by atoms with Crippen molar-refractivity contribution in [3.05, 3.63) is 73.5 Å². The number of hydrogen-bond acceptors (Lipinski definition) is 9. The third-order valence-electron chi connectivity index (χ3n) is 6.34. The second-order valence-corrected chi connectivity index (χ2v) is 10.3.